The molecule has 0 aliphatic rings. The van der Waals surface area contributed by atoms with Gasteiger partial charge in [0.2, 0.25) is 0 Å². The highest BCUT2D eigenvalue weighted by Gasteiger charge is 2.97. The summed E-state index contributed by atoms with van der Waals surface area (Å²) in [5, 5.41) is 15.5. The average Bonchev–Trinajstić information content (AvgIpc) is 2.59. The molecule has 0 amide bonds. The van der Waals surface area contributed by atoms with Crippen molar-refractivity contribution in [3.63, 3.8) is 0 Å². The van der Waals surface area contributed by atoms with Crippen LogP contribution < -0.4 is 0 Å². The van der Waals surface area contributed by atoms with Gasteiger partial charge in [-0.25, -0.2) is 0 Å². The predicted octanol–water partition coefficient (Wildman–Crippen LogP) is 5.67. The van der Waals surface area contributed by atoms with Gasteiger partial charge in [-0.3, -0.25) is 0 Å². The SMILES string of the molecule is OCCC(F)(F)C(F)(F)C(F)(F)C(F)(F)C(F)(F)C(F)(F)C(F)(F)C(F)(F)C(F)(F)C(O)(F)F. The Bertz CT molecular complexity index is 734. The highest BCUT2D eigenvalue weighted by Crippen LogP contribution is 2.66. The lowest BCUT2D eigenvalue weighted by Crippen LogP contribution is -2.77. The Balaban J connectivity index is 7.01. The Labute approximate surface area is 172 Å². The van der Waals surface area contributed by atoms with Crippen molar-refractivity contribution < 1.29 is 98.0 Å². The highest BCUT2D eigenvalue weighted by molar-refractivity contribution is 5.17. The maximum atomic E-state index is 13.4. The molecule has 0 aromatic carbocycles. The smallest absolute Gasteiger partial charge is 0.396 e. The van der Waals surface area contributed by atoms with Crippen LogP contribution >= 0.6 is 0 Å². The van der Waals surface area contributed by atoms with Crippen LogP contribution in [0.25, 0.3) is 0 Å². The van der Waals surface area contributed by atoms with Gasteiger partial charge in [0, 0.05) is 13.0 Å². The maximum Gasteiger partial charge on any atom is 0.423 e. The summed E-state index contributed by atoms with van der Waals surface area (Å²) in [6.07, 6.45) is -10.5. The van der Waals surface area contributed by atoms with Crippen LogP contribution in [0.3, 0.4) is 0 Å². The molecule has 2 N–H and O–H groups in total. The number of alkyl halides is 20. The third-order valence-electron chi connectivity index (χ3n) is 4.02. The molecule has 0 aliphatic heterocycles. The zero-order valence-electron chi connectivity index (χ0n) is 14.9. The Morgan fingerprint density at radius 1 is 0.353 bits per heavy atom. The molecule has 0 aromatic heterocycles. The topological polar surface area (TPSA) is 40.5 Å². The van der Waals surface area contributed by atoms with E-state index in [4.69, 9.17) is 10.2 Å². The molecule has 2 nitrogen and oxygen atoms in total. The van der Waals surface area contributed by atoms with Crippen molar-refractivity contribution in [2.45, 2.75) is 65.8 Å². The standard InChI is InChI=1S/C12H6F20O2/c13-3(14,1-2-33)4(15,16)5(17,18)6(19,20)7(21,22)8(23,24)9(25,26)10(27,28)11(29,30)12(31,32)34/h33-34H,1-2H2. The monoisotopic (exact) mass is 562 g/mol. The van der Waals surface area contributed by atoms with Gasteiger partial charge in [-0.1, -0.05) is 0 Å². The summed E-state index contributed by atoms with van der Waals surface area (Å²) in [6, 6.07) is 0. The minimum absolute atomic E-state index is 2.30. The van der Waals surface area contributed by atoms with Gasteiger partial charge in [0.05, 0.1) is 0 Å². The van der Waals surface area contributed by atoms with Gasteiger partial charge in [0.1, 0.15) is 0 Å². The van der Waals surface area contributed by atoms with E-state index in [1.165, 1.54) is 0 Å². The lowest BCUT2D eigenvalue weighted by atomic mass is 9.86. The van der Waals surface area contributed by atoms with Crippen molar-refractivity contribution in [1.82, 2.24) is 0 Å². The zero-order valence-corrected chi connectivity index (χ0v) is 14.9. The van der Waals surface area contributed by atoms with Crippen LogP contribution in [-0.2, 0) is 0 Å². The summed E-state index contributed by atoms with van der Waals surface area (Å²) >= 11 is 0. The van der Waals surface area contributed by atoms with Crippen LogP contribution in [0.4, 0.5) is 87.8 Å². The first-order valence-electron chi connectivity index (χ1n) is 7.42. The third kappa shape index (κ3) is 3.81. The molecule has 0 saturated carbocycles. The summed E-state index contributed by atoms with van der Waals surface area (Å²) in [6.45, 7) is -2.30. The summed E-state index contributed by atoms with van der Waals surface area (Å²) in [5.74, 6) is -76.4. The first-order valence-corrected chi connectivity index (χ1v) is 7.42. The van der Waals surface area contributed by atoms with Gasteiger partial charge in [0.25, 0.3) is 0 Å². The molecule has 0 radical (unpaired) electrons. The number of rotatable bonds is 11. The van der Waals surface area contributed by atoms with Crippen molar-refractivity contribution in [2.75, 3.05) is 6.61 Å². The molecule has 0 aliphatic carbocycles. The van der Waals surface area contributed by atoms with Gasteiger partial charge in [-0.05, 0) is 0 Å². The third-order valence-corrected chi connectivity index (χ3v) is 4.02. The van der Waals surface area contributed by atoms with E-state index in [9.17, 15) is 87.8 Å². The normalized spacial score (nSPS) is 16.8. The second-order valence-electron chi connectivity index (χ2n) is 6.31. The van der Waals surface area contributed by atoms with Crippen molar-refractivity contribution in [3.8, 4) is 0 Å². The van der Waals surface area contributed by atoms with E-state index in [1.807, 2.05) is 0 Å². The van der Waals surface area contributed by atoms with Gasteiger partial charge >= 0.3 is 59.4 Å². The van der Waals surface area contributed by atoms with E-state index in [1.54, 1.807) is 0 Å². The number of hydrogen-bond donors (Lipinski definition) is 2. The Kier molecular flexibility index (Phi) is 7.67. The summed E-state index contributed by atoms with van der Waals surface area (Å²) in [5.41, 5.74) is 0. The number of aliphatic hydroxyl groups is 2. The number of halogens is 20. The summed E-state index contributed by atoms with van der Waals surface area (Å²) in [4.78, 5) is 0. The molecule has 0 bridgehead atoms. The molecule has 0 fully saturated rings. The van der Waals surface area contributed by atoms with Crippen LogP contribution in [0, 0.1) is 0 Å². The first kappa shape index (κ1) is 32.5. The molecular formula is C12H6F20O2. The fourth-order valence-corrected chi connectivity index (χ4v) is 1.90. The van der Waals surface area contributed by atoms with E-state index >= 15 is 0 Å². The maximum absolute atomic E-state index is 13.4. The molecule has 0 heterocycles. The van der Waals surface area contributed by atoms with Crippen molar-refractivity contribution in [2.24, 2.45) is 0 Å². The minimum atomic E-state index is -9.12. The largest absolute Gasteiger partial charge is 0.423 e. The summed E-state index contributed by atoms with van der Waals surface area (Å²) in [7, 11) is 0. The lowest BCUT2D eigenvalue weighted by Gasteiger charge is -2.44. The van der Waals surface area contributed by atoms with Crippen molar-refractivity contribution >= 4 is 0 Å². The molecule has 0 spiro atoms. The van der Waals surface area contributed by atoms with Gasteiger partial charge in [-0.15, -0.1) is 0 Å². The fraction of sp³-hybridized carbons (Fsp3) is 1.00. The zero-order chi connectivity index (χ0) is 28.4. The lowest BCUT2D eigenvalue weighted by molar-refractivity contribution is -0.479. The molecule has 34 heavy (non-hydrogen) atoms. The summed E-state index contributed by atoms with van der Waals surface area (Å²) < 4.78 is 261. The molecular weight excluding hydrogens is 556 g/mol. The molecule has 0 rings (SSSR count). The second kappa shape index (κ2) is 8.02. The van der Waals surface area contributed by atoms with Crippen LogP contribution in [0.2, 0.25) is 0 Å². The van der Waals surface area contributed by atoms with Gasteiger partial charge in [-0.2, -0.15) is 87.8 Å². The van der Waals surface area contributed by atoms with E-state index in [0.717, 1.165) is 0 Å². The van der Waals surface area contributed by atoms with Crippen LogP contribution in [0.5, 0.6) is 0 Å². The number of hydrogen-bond acceptors (Lipinski definition) is 2. The molecule has 0 saturated heterocycles. The molecule has 0 unspecified atom stereocenters. The number of aliphatic hydroxyl groups excluding tert-OH is 1. The van der Waals surface area contributed by atoms with E-state index in [-0.39, 0.29) is 0 Å². The second-order valence-corrected chi connectivity index (χ2v) is 6.31. The Hall–Kier alpha value is -1.48. The molecule has 0 atom stereocenters. The Morgan fingerprint density at radius 2 is 0.559 bits per heavy atom. The average molecular weight is 562 g/mol. The predicted molar refractivity (Wildman–Crippen MR) is 63.4 cm³/mol. The quantitative estimate of drug-likeness (QED) is 0.319. The molecule has 206 valence electrons. The fourth-order valence-electron chi connectivity index (χ4n) is 1.90. The highest BCUT2D eigenvalue weighted by atomic mass is 19.4. The van der Waals surface area contributed by atoms with Crippen LogP contribution in [0.15, 0.2) is 0 Å². The van der Waals surface area contributed by atoms with Gasteiger partial charge in [0.15, 0.2) is 0 Å². The van der Waals surface area contributed by atoms with Crippen LogP contribution in [-0.4, -0.2) is 76.2 Å². The van der Waals surface area contributed by atoms with E-state index in [2.05, 4.69) is 0 Å². The Morgan fingerprint density at radius 3 is 0.765 bits per heavy atom. The van der Waals surface area contributed by atoms with Crippen molar-refractivity contribution in [1.29, 1.82) is 0 Å². The van der Waals surface area contributed by atoms with Crippen LogP contribution in [0.1, 0.15) is 6.42 Å². The molecule has 22 heteroatoms. The minimum Gasteiger partial charge on any atom is -0.396 e. The van der Waals surface area contributed by atoms with Crippen molar-refractivity contribution in [3.05, 3.63) is 0 Å². The molecule has 0 aromatic rings. The van der Waals surface area contributed by atoms with E-state index in [0.29, 0.717) is 0 Å². The first-order chi connectivity index (χ1) is 14.3. The van der Waals surface area contributed by atoms with Gasteiger partial charge < -0.3 is 10.2 Å². The van der Waals surface area contributed by atoms with E-state index < -0.39 is 72.4 Å².